The number of ketones is 1. The van der Waals surface area contributed by atoms with Crippen molar-refractivity contribution >= 4 is 11.8 Å². The standard InChI is InChI=1S/C26H34O5/c1-25(2,3)17-21(26(4,5)6)24(29)31-15-14-30-19-12-13-20(22(27)16-19)23(28)18-10-8-7-9-11-18/h7-13,16,21,27H,14-15,17H2,1-6H3. The first-order valence-electron chi connectivity index (χ1n) is 10.6. The van der Waals surface area contributed by atoms with Crippen LogP contribution in [0.15, 0.2) is 48.5 Å². The van der Waals surface area contributed by atoms with E-state index in [1.807, 2.05) is 26.8 Å². The molecule has 0 aliphatic rings. The van der Waals surface area contributed by atoms with E-state index in [2.05, 4.69) is 20.8 Å². The molecule has 1 N–H and O–H groups in total. The normalized spacial score (nSPS) is 12.8. The number of aromatic hydroxyl groups is 1. The molecule has 1 unspecified atom stereocenters. The van der Waals surface area contributed by atoms with Crippen LogP contribution in [0.5, 0.6) is 11.5 Å². The molecule has 2 aromatic rings. The summed E-state index contributed by atoms with van der Waals surface area (Å²) >= 11 is 0. The Morgan fingerprint density at radius 2 is 1.58 bits per heavy atom. The number of carbonyl (C=O) groups excluding carboxylic acids is 2. The monoisotopic (exact) mass is 426 g/mol. The lowest BCUT2D eigenvalue weighted by atomic mass is 9.72. The van der Waals surface area contributed by atoms with Crippen LogP contribution in [0.2, 0.25) is 0 Å². The lowest BCUT2D eigenvalue weighted by Crippen LogP contribution is -2.34. The second-order valence-corrected chi connectivity index (χ2v) is 10.1. The largest absolute Gasteiger partial charge is 0.507 e. The van der Waals surface area contributed by atoms with E-state index in [9.17, 15) is 14.7 Å². The van der Waals surface area contributed by atoms with E-state index in [-0.39, 0.29) is 53.0 Å². The number of hydrogen-bond acceptors (Lipinski definition) is 5. The topological polar surface area (TPSA) is 72.8 Å². The molecule has 0 spiro atoms. The van der Waals surface area contributed by atoms with Crippen molar-refractivity contribution in [3.63, 3.8) is 0 Å². The third-order valence-corrected chi connectivity index (χ3v) is 4.99. The number of ether oxygens (including phenoxy) is 2. The summed E-state index contributed by atoms with van der Waals surface area (Å²) in [6.07, 6.45) is 0.737. The van der Waals surface area contributed by atoms with Crippen LogP contribution in [0.1, 0.15) is 63.9 Å². The van der Waals surface area contributed by atoms with Gasteiger partial charge >= 0.3 is 5.97 Å². The number of phenolic OH excluding ortho intramolecular Hbond substituents is 1. The molecule has 0 amide bonds. The lowest BCUT2D eigenvalue weighted by Gasteiger charge is -2.33. The van der Waals surface area contributed by atoms with Gasteiger partial charge in [0.05, 0.1) is 11.5 Å². The fourth-order valence-corrected chi connectivity index (χ4v) is 3.30. The predicted octanol–water partition coefficient (Wildman–Crippen LogP) is 5.64. The number of phenols is 1. The molecule has 31 heavy (non-hydrogen) atoms. The maximum absolute atomic E-state index is 12.6. The molecule has 0 aromatic heterocycles. The summed E-state index contributed by atoms with van der Waals surface area (Å²) < 4.78 is 11.1. The van der Waals surface area contributed by atoms with Gasteiger partial charge in [0, 0.05) is 11.6 Å². The average Bonchev–Trinajstić information content (AvgIpc) is 2.68. The first kappa shape index (κ1) is 24.4. The van der Waals surface area contributed by atoms with Gasteiger partial charge in [-0.05, 0) is 29.4 Å². The van der Waals surface area contributed by atoms with Crippen LogP contribution in [0.4, 0.5) is 0 Å². The Hall–Kier alpha value is -2.82. The van der Waals surface area contributed by atoms with Crippen molar-refractivity contribution < 1.29 is 24.2 Å². The zero-order valence-corrected chi connectivity index (χ0v) is 19.4. The molecule has 0 bridgehead atoms. The van der Waals surface area contributed by atoms with Crippen molar-refractivity contribution in [2.75, 3.05) is 13.2 Å². The van der Waals surface area contributed by atoms with E-state index < -0.39 is 0 Å². The molecule has 2 rings (SSSR count). The Labute approximate surface area is 185 Å². The molecule has 0 heterocycles. The van der Waals surface area contributed by atoms with Crippen LogP contribution in [0.3, 0.4) is 0 Å². The van der Waals surface area contributed by atoms with Crippen molar-refractivity contribution in [1.29, 1.82) is 0 Å². The van der Waals surface area contributed by atoms with Crippen molar-refractivity contribution in [3.05, 3.63) is 59.7 Å². The van der Waals surface area contributed by atoms with Gasteiger partial charge in [0.15, 0.2) is 5.78 Å². The molecule has 2 aromatic carbocycles. The smallest absolute Gasteiger partial charge is 0.309 e. The van der Waals surface area contributed by atoms with Crippen molar-refractivity contribution in [3.8, 4) is 11.5 Å². The second-order valence-electron chi connectivity index (χ2n) is 10.1. The van der Waals surface area contributed by atoms with Gasteiger partial charge in [-0.25, -0.2) is 0 Å². The number of benzene rings is 2. The van der Waals surface area contributed by atoms with Crippen molar-refractivity contribution in [2.24, 2.45) is 16.7 Å². The molecule has 168 valence electrons. The Balaban J connectivity index is 1.91. The van der Waals surface area contributed by atoms with Gasteiger partial charge in [0.2, 0.25) is 0 Å². The zero-order chi connectivity index (χ0) is 23.2. The summed E-state index contributed by atoms with van der Waals surface area (Å²) in [5.74, 6) is -0.440. The molecule has 0 aliphatic carbocycles. The van der Waals surface area contributed by atoms with E-state index >= 15 is 0 Å². The van der Waals surface area contributed by atoms with Gasteiger partial charge in [0.1, 0.15) is 24.7 Å². The number of hydrogen-bond donors (Lipinski definition) is 1. The molecule has 5 nitrogen and oxygen atoms in total. The minimum absolute atomic E-state index is 0.0178. The van der Waals surface area contributed by atoms with E-state index in [0.717, 1.165) is 6.42 Å². The van der Waals surface area contributed by atoms with Gasteiger partial charge < -0.3 is 14.6 Å². The summed E-state index contributed by atoms with van der Waals surface area (Å²) in [5.41, 5.74) is 0.532. The highest BCUT2D eigenvalue weighted by Crippen LogP contribution is 2.36. The molecule has 5 heteroatoms. The van der Waals surface area contributed by atoms with E-state index in [0.29, 0.717) is 11.3 Å². The maximum atomic E-state index is 12.6. The predicted molar refractivity (Wildman–Crippen MR) is 121 cm³/mol. The van der Waals surface area contributed by atoms with Gasteiger partial charge in [-0.15, -0.1) is 0 Å². The van der Waals surface area contributed by atoms with E-state index in [1.165, 1.54) is 12.1 Å². The van der Waals surface area contributed by atoms with Gasteiger partial charge in [0.25, 0.3) is 0 Å². The first-order valence-corrected chi connectivity index (χ1v) is 10.6. The SMILES string of the molecule is CC(C)(C)CC(C(=O)OCCOc1ccc(C(=O)c2ccccc2)c(O)c1)C(C)(C)C. The number of esters is 1. The van der Waals surface area contributed by atoms with Crippen molar-refractivity contribution in [2.45, 2.75) is 48.0 Å². The van der Waals surface area contributed by atoms with Crippen LogP contribution in [0.25, 0.3) is 0 Å². The Morgan fingerprint density at radius 3 is 2.13 bits per heavy atom. The highest BCUT2D eigenvalue weighted by atomic mass is 16.6. The second kappa shape index (κ2) is 9.99. The number of carbonyl (C=O) groups is 2. The third kappa shape index (κ3) is 7.42. The molecular weight excluding hydrogens is 392 g/mol. The van der Waals surface area contributed by atoms with Crippen LogP contribution in [-0.4, -0.2) is 30.1 Å². The molecular formula is C26H34O5. The van der Waals surface area contributed by atoms with Crippen LogP contribution in [0, 0.1) is 16.7 Å². The van der Waals surface area contributed by atoms with Gasteiger partial charge in [-0.3, -0.25) is 9.59 Å². The molecule has 0 fully saturated rings. The highest BCUT2D eigenvalue weighted by Gasteiger charge is 2.35. The lowest BCUT2D eigenvalue weighted by molar-refractivity contribution is -0.154. The average molecular weight is 427 g/mol. The summed E-state index contributed by atoms with van der Waals surface area (Å²) in [6, 6.07) is 13.3. The maximum Gasteiger partial charge on any atom is 0.309 e. The Kier molecular flexibility index (Phi) is 7.88. The Bertz CT molecular complexity index is 888. The van der Waals surface area contributed by atoms with E-state index in [1.54, 1.807) is 30.3 Å². The van der Waals surface area contributed by atoms with Crippen molar-refractivity contribution in [1.82, 2.24) is 0 Å². The molecule has 0 aliphatic heterocycles. The fourth-order valence-electron chi connectivity index (χ4n) is 3.30. The molecule has 0 saturated heterocycles. The van der Waals surface area contributed by atoms with Crippen LogP contribution in [-0.2, 0) is 9.53 Å². The minimum atomic E-state index is -0.259. The Morgan fingerprint density at radius 1 is 0.935 bits per heavy atom. The number of rotatable bonds is 8. The summed E-state index contributed by atoms with van der Waals surface area (Å²) in [6.45, 7) is 12.7. The molecule has 1 atom stereocenters. The first-order chi connectivity index (χ1) is 14.4. The van der Waals surface area contributed by atoms with Crippen LogP contribution < -0.4 is 4.74 Å². The van der Waals surface area contributed by atoms with E-state index in [4.69, 9.17) is 9.47 Å². The fraction of sp³-hybridized carbons (Fsp3) is 0.462. The summed E-state index contributed by atoms with van der Waals surface area (Å²) in [4.78, 5) is 25.1. The van der Waals surface area contributed by atoms with Gasteiger partial charge in [-0.2, -0.15) is 0 Å². The summed E-state index contributed by atoms with van der Waals surface area (Å²) in [7, 11) is 0. The highest BCUT2D eigenvalue weighted by molar-refractivity contribution is 6.10. The quantitative estimate of drug-likeness (QED) is 0.336. The summed E-state index contributed by atoms with van der Waals surface area (Å²) in [5, 5.41) is 10.3. The van der Waals surface area contributed by atoms with Gasteiger partial charge in [-0.1, -0.05) is 71.9 Å². The third-order valence-electron chi connectivity index (χ3n) is 4.99. The molecule has 0 radical (unpaired) electrons. The molecule has 0 saturated carbocycles. The zero-order valence-electron chi connectivity index (χ0n) is 19.4. The van der Waals surface area contributed by atoms with Crippen LogP contribution >= 0.6 is 0 Å². The minimum Gasteiger partial charge on any atom is -0.507 e.